The van der Waals surface area contributed by atoms with Gasteiger partial charge in [0.15, 0.2) is 5.65 Å². The number of fused-ring (bicyclic) bond motifs is 1. The molecule has 9 nitrogen and oxygen atoms in total. The lowest BCUT2D eigenvalue weighted by atomic mass is 9.86. The predicted octanol–water partition coefficient (Wildman–Crippen LogP) is 4.90. The molecule has 0 radical (unpaired) electrons. The molecule has 0 saturated heterocycles. The molecule has 182 valence electrons. The average Bonchev–Trinajstić information content (AvgIpc) is 3.34. The normalized spacial score (nSPS) is 11.1. The Morgan fingerprint density at radius 2 is 1.83 bits per heavy atom. The maximum atomic E-state index is 13.0. The van der Waals surface area contributed by atoms with Crippen molar-refractivity contribution in [2.24, 2.45) is 0 Å². The number of nitriles is 1. The van der Waals surface area contributed by atoms with E-state index in [-0.39, 0.29) is 11.9 Å². The molecule has 2 aromatic heterocycles. The molecule has 9 heteroatoms. The van der Waals surface area contributed by atoms with Crippen LogP contribution in [-0.2, 0) is 5.41 Å². The first-order valence-corrected chi connectivity index (χ1v) is 11.6. The number of urea groups is 1. The summed E-state index contributed by atoms with van der Waals surface area (Å²) >= 11 is 0. The fourth-order valence-corrected chi connectivity index (χ4v) is 3.81. The molecule has 0 atom stereocenters. The van der Waals surface area contributed by atoms with E-state index in [0.29, 0.717) is 34.8 Å². The third-order valence-electron chi connectivity index (χ3n) is 5.95. The van der Waals surface area contributed by atoms with E-state index in [1.54, 1.807) is 47.2 Å². The number of hydrogen-bond acceptors (Lipinski definition) is 5. The van der Waals surface area contributed by atoms with Crippen LogP contribution in [0.25, 0.3) is 16.9 Å². The summed E-state index contributed by atoms with van der Waals surface area (Å²) in [6, 6.07) is 16.3. The lowest BCUT2D eigenvalue weighted by molar-refractivity contribution is 0.102. The average molecular weight is 482 g/mol. The van der Waals surface area contributed by atoms with Crippen molar-refractivity contribution in [3.63, 3.8) is 0 Å². The number of aromatic nitrogens is 3. The van der Waals surface area contributed by atoms with Gasteiger partial charge in [-0.1, -0.05) is 24.3 Å². The molecule has 2 heterocycles. The second-order valence-electron chi connectivity index (χ2n) is 8.87. The summed E-state index contributed by atoms with van der Waals surface area (Å²) < 4.78 is 1.60. The fourth-order valence-electron chi connectivity index (χ4n) is 3.81. The number of amides is 3. The van der Waals surface area contributed by atoms with Gasteiger partial charge < -0.3 is 16.0 Å². The van der Waals surface area contributed by atoms with Crippen LogP contribution >= 0.6 is 0 Å². The lowest BCUT2D eigenvalue weighted by Gasteiger charge is -2.16. The van der Waals surface area contributed by atoms with Crippen molar-refractivity contribution in [2.45, 2.75) is 33.1 Å². The fraction of sp³-hybridized carbons (Fsp3) is 0.222. The van der Waals surface area contributed by atoms with Gasteiger partial charge in [0.05, 0.1) is 22.9 Å². The minimum atomic E-state index is -0.631. The first-order valence-electron chi connectivity index (χ1n) is 11.6. The van der Waals surface area contributed by atoms with Crippen molar-refractivity contribution < 1.29 is 9.59 Å². The molecule has 0 aliphatic carbocycles. The molecule has 0 bridgehead atoms. The third-order valence-corrected chi connectivity index (χ3v) is 5.95. The van der Waals surface area contributed by atoms with Gasteiger partial charge in [-0.3, -0.25) is 4.79 Å². The summed E-state index contributed by atoms with van der Waals surface area (Å²) in [5.41, 5.74) is 4.63. The number of nitrogens with zero attached hydrogens (tertiary/aromatic N) is 4. The monoisotopic (exact) mass is 481 g/mol. The molecular weight excluding hydrogens is 454 g/mol. The highest BCUT2D eigenvalue weighted by Crippen LogP contribution is 2.30. The van der Waals surface area contributed by atoms with E-state index >= 15 is 0 Å². The highest BCUT2D eigenvalue weighted by Gasteiger charge is 2.20. The molecule has 0 aliphatic rings. The largest absolute Gasteiger partial charge is 0.338 e. The Morgan fingerprint density at radius 1 is 1.08 bits per heavy atom. The van der Waals surface area contributed by atoms with Gasteiger partial charge in [-0.25, -0.2) is 14.3 Å². The SMILES string of the molecule is CCNC(=O)Nc1cc(-c2cccc(NC(=O)c3ccc(C(C)(C)C#N)cc3)c2C)nn2ccnc12. The Morgan fingerprint density at radius 3 is 2.53 bits per heavy atom. The Labute approximate surface area is 209 Å². The number of hydrogen-bond donors (Lipinski definition) is 3. The Bertz CT molecular complexity index is 1480. The second-order valence-corrected chi connectivity index (χ2v) is 8.87. The van der Waals surface area contributed by atoms with Gasteiger partial charge in [-0.05, 0) is 63.1 Å². The summed E-state index contributed by atoms with van der Waals surface area (Å²) in [5, 5.41) is 22.5. The van der Waals surface area contributed by atoms with E-state index in [2.05, 4.69) is 32.1 Å². The number of carbonyl (C=O) groups is 2. The van der Waals surface area contributed by atoms with Gasteiger partial charge in [-0.15, -0.1) is 0 Å². The molecule has 3 amide bonds. The van der Waals surface area contributed by atoms with Crippen LogP contribution in [0.1, 0.15) is 42.3 Å². The van der Waals surface area contributed by atoms with Crippen molar-refractivity contribution in [1.82, 2.24) is 19.9 Å². The van der Waals surface area contributed by atoms with Gasteiger partial charge in [0.1, 0.15) is 0 Å². The molecule has 2 aromatic carbocycles. The zero-order chi connectivity index (χ0) is 25.9. The highest BCUT2D eigenvalue weighted by molar-refractivity contribution is 6.05. The smallest absolute Gasteiger partial charge is 0.319 e. The van der Waals surface area contributed by atoms with Gasteiger partial charge in [0.2, 0.25) is 0 Å². The third kappa shape index (κ3) is 4.88. The van der Waals surface area contributed by atoms with Crippen LogP contribution in [-0.4, -0.2) is 33.1 Å². The molecule has 0 unspecified atom stereocenters. The van der Waals surface area contributed by atoms with Crippen molar-refractivity contribution >= 4 is 29.0 Å². The molecule has 36 heavy (non-hydrogen) atoms. The van der Waals surface area contributed by atoms with Crippen molar-refractivity contribution in [3.05, 3.63) is 77.6 Å². The van der Waals surface area contributed by atoms with Crippen molar-refractivity contribution in [2.75, 3.05) is 17.2 Å². The maximum Gasteiger partial charge on any atom is 0.319 e. The molecule has 0 fully saturated rings. The maximum absolute atomic E-state index is 13.0. The molecular formula is C27H27N7O2. The van der Waals surface area contributed by atoms with Gasteiger partial charge >= 0.3 is 6.03 Å². The molecule has 4 rings (SSSR count). The standard InChI is InChI=1S/C27H27N7O2/c1-5-29-26(36)32-23-15-22(33-34-14-13-30-24(23)34)20-7-6-8-21(17(20)2)31-25(35)18-9-11-19(12-10-18)27(3,4)16-28/h6-15H,5H2,1-4H3,(H,31,35)(H2,29,32,36). The minimum absolute atomic E-state index is 0.256. The Hall–Kier alpha value is -4.71. The summed E-state index contributed by atoms with van der Waals surface area (Å²) in [7, 11) is 0. The van der Waals surface area contributed by atoms with Crippen molar-refractivity contribution in [1.29, 1.82) is 5.26 Å². The highest BCUT2D eigenvalue weighted by atomic mass is 16.2. The topological polar surface area (TPSA) is 124 Å². The number of rotatable bonds is 6. The summed E-state index contributed by atoms with van der Waals surface area (Å²) in [5.74, 6) is -0.256. The molecule has 0 spiro atoms. The molecule has 0 saturated carbocycles. The number of anilines is 2. The summed E-state index contributed by atoms with van der Waals surface area (Å²) in [6.45, 7) is 7.91. The van der Waals surface area contributed by atoms with Crippen LogP contribution in [0, 0.1) is 18.3 Å². The van der Waals surface area contributed by atoms with E-state index in [9.17, 15) is 14.9 Å². The molecule has 0 aliphatic heterocycles. The molecule has 4 aromatic rings. The Balaban J connectivity index is 1.63. The van der Waals surface area contributed by atoms with E-state index in [1.165, 1.54) is 0 Å². The van der Waals surface area contributed by atoms with Gasteiger partial charge in [-0.2, -0.15) is 10.4 Å². The van der Waals surface area contributed by atoms with Gasteiger partial charge in [0, 0.05) is 35.8 Å². The van der Waals surface area contributed by atoms with Crippen LogP contribution in [0.5, 0.6) is 0 Å². The summed E-state index contributed by atoms with van der Waals surface area (Å²) in [4.78, 5) is 29.4. The number of carbonyl (C=O) groups excluding carboxylic acids is 2. The van der Waals surface area contributed by atoms with E-state index in [0.717, 1.165) is 16.7 Å². The van der Waals surface area contributed by atoms with E-state index in [1.807, 2.05) is 45.9 Å². The predicted molar refractivity (Wildman–Crippen MR) is 139 cm³/mol. The number of benzene rings is 2. The zero-order valence-corrected chi connectivity index (χ0v) is 20.6. The van der Waals surface area contributed by atoms with Crippen LogP contribution in [0.15, 0.2) is 60.9 Å². The van der Waals surface area contributed by atoms with Crippen LogP contribution in [0.4, 0.5) is 16.2 Å². The second kappa shape index (κ2) is 9.88. The minimum Gasteiger partial charge on any atom is -0.338 e. The number of imidazole rings is 1. The Kier molecular flexibility index (Phi) is 6.70. The van der Waals surface area contributed by atoms with Crippen LogP contribution in [0.2, 0.25) is 0 Å². The van der Waals surface area contributed by atoms with Crippen molar-refractivity contribution in [3.8, 4) is 17.3 Å². The quantitative estimate of drug-likeness (QED) is 0.361. The van der Waals surface area contributed by atoms with E-state index in [4.69, 9.17) is 0 Å². The van der Waals surface area contributed by atoms with Crippen LogP contribution in [0.3, 0.4) is 0 Å². The summed E-state index contributed by atoms with van der Waals surface area (Å²) in [6.07, 6.45) is 3.32. The van der Waals surface area contributed by atoms with Gasteiger partial charge in [0.25, 0.3) is 5.91 Å². The number of nitrogens with one attached hydrogen (secondary N) is 3. The lowest BCUT2D eigenvalue weighted by Crippen LogP contribution is -2.28. The first-order chi connectivity index (χ1) is 17.2. The zero-order valence-electron chi connectivity index (χ0n) is 20.6. The van der Waals surface area contributed by atoms with E-state index < -0.39 is 5.41 Å². The molecule has 3 N–H and O–H groups in total. The first kappa shape index (κ1) is 24.4. The van der Waals surface area contributed by atoms with Crippen LogP contribution < -0.4 is 16.0 Å².